The molecule has 0 radical (unpaired) electrons. The van der Waals surface area contributed by atoms with E-state index in [9.17, 15) is 0 Å². The summed E-state index contributed by atoms with van der Waals surface area (Å²) in [6.45, 7) is 1.83. The number of halogens is 2. The minimum Gasteiger partial charge on any atom is -0.340 e. The Morgan fingerprint density at radius 2 is 1.78 bits per heavy atom. The van der Waals surface area contributed by atoms with Gasteiger partial charge in [0.2, 0.25) is 0 Å². The summed E-state index contributed by atoms with van der Waals surface area (Å²) in [5.74, 6) is 0.588. The molecule has 0 spiro atoms. The molecular formula is C13H9Cl2N3. The van der Waals surface area contributed by atoms with Crippen molar-refractivity contribution in [2.24, 2.45) is 0 Å². The molecule has 0 aliphatic heterocycles. The molecule has 0 unspecified atom stereocenters. The molecule has 0 fully saturated rings. The van der Waals surface area contributed by atoms with Crippen LogP contribution in [0.2, 0.25) is 10.0 Å². The Morgan fingerprint density at radius 3 is 2.39 bits per heavy atom. The van der Waals surface area contributed by atoms with Crippen LogP contribution in [0.1, 0.15) is 11.3 Å². The minimum atomic E-state index is 0.540. The van der Waals surface area contributed by atoms with Gasteiger partial charge in [-0.25, -0.2) is 4.98 Å². The van der Waals surface area contributed by atoms with Crippen LogP contribution >= 0.6 is 23.2 Å². The first kappa shape index (κ1) is 12.7. The van der Waals surface area contributed by atoms with E-state index in [1.54, 1.807) is 30.3 Å². The Balaban J connectivity index is 2.34. The van der Waals surface area contributed by atoms with Gasteiger partial charge in [0, 0.05) is 21.4 Å². The summed E-state index contributed by atoms with van der Waals surface area (Å²) in [5.41, 5.74) is 2.05. The molecule has 1 N–H and O–H groups in total. The normalized spacial score (nSPS) is 9.89. The van der Waals surface area contributed by atoms with Crippen LogP contribution in [0.3, 0.4) is 0 Å². The molecule has 3 nitrogen and oxygen atoms in total. The van der Waals surface area contributed by atoms with Gasteiger partial charge in [-0.05, 0) is 37.3 Å². The molecule has 2 aromatic rings. The number of nitriles is 1. The SMILES string of the molecule is Cc1cc(C#N)cc(Nc2cc(Cl)cc(Cl)c2)n1. The molecule has 2 rings (SSSR count). The summed E-state index contributed by atoms with van der Waals surface area (Å²) >= 11 is 11.8. The third-order valence-corrected chi connectivity index (χ3v) is 2.65. The summed E-state index contributed by atoms with van der Waals surface area (Å²) in [4.78, 5) is 4.29. The van der Waals surface area contributed by atoms with Crippen LogP contribution in [0.15, 0.2) is 30.3 Å². The van der Waals surface area contributed by atoms with Crippen LogP contribution in [0.4, 0.5) is 11.5 Å². The van der Waals surface area contributed by atoms with Gasteiger partial charge in [0.15, 0.2) is 0 Å². The zero-order chi connectivity index (χ0) is 13.1. The molecule has 5 heteroatoms. The van der Waals surface area contributed by atoms with Crippen molar-refractivity contribution in [2.45, 2.75) is 6.92 Å². The van der Waals surface area contributed by atoms with Crippen molar-refractivity contribution in [3.05, 3.63) is 51.6 Å². The van der Waals surface area contributed by atoms with Gasteiger partial charge in [-0.1, -0.05) is 23.2 Å². The first-order valence-electron chi connectivity index (χ1n) is 5.19. The molecule has 0 amide bonds. The summed E-state index contributed by atoms with van der Waals surface area (Å²) in [6, 6.07) is 10.6. The summed E-state index contributed by atoms with van der Waals surface area (Å²) < 4.78 is 0. The molecule has 0 saturated carbocycles. The third-order valence-electron chi connectivity index (χ3n) is 2.22. The average molecular weight is 278 g/mol. The van der Waals surface area contributed by atoms with Crippen molar-refractivity contribution in [1.82, 2.24) is 4.98 Å². The molecule has 18 heavy (non-hydrogen) atoms. The lowest BCUT2D eigenvalue weighted by atomic mass is 10.2. The molecule has 0 bridgehead atoms. The minimum absolute atomic E-state index is 0.540. The fraction of sp³-hybridized carbons (Fsp3) is 0.0769. The molecule has 0 saturated heterocycles. The van der Waals surface area contributed by atoms with Gasteiger partial charge < -0.3 is 5.32 Å². The number of hydrogen-bond acceptors (Lipinski definition) is 3. The number of pyridine rings is 1. The molecular weight excluding hydrogens is 269 g/mol. The van der Waals surface area contributed by atoms with Gasteiger partial charge in [-0.15, -0.1) is 0 Å². The quantitative estimate of drug-likeness (QED) is 0.890. The number of nitrogens with one attached hydrogen (secondary N) is 1. The van der Waals surface area contributed by atoms with Crippen molar-refractivity contribution >= 4 is 34.7 Å². The van der Waals surface area contributed by atoms with Gasteiger partial charge >= 0.3 is 0 Å². The van der Waals surface area contributed by atoms with Crippen molar-refractivity contribution < 1.29 is 0 Å². The largest absolute Gasteiger partial charge is 0.340 e. The van der Waals surface area contributed by atoms with Crippen LogP contribution < -0.4 is 5.32 Å². The number of rotatable bonds is 2. The molecule has 0 aliphatic carbocycles. The van der Waals surface area contributed by atoms with Crippen molar-refractivity contribution in [1.29, 1.82) is 5.26 Å². The highest BCUT2D eigenvalue weighted by Gasteiger charge is 2.02. The van der Waals surface area contributed by atoms with Crippen LogP contribution in [0.5, 0.6) is 0 Å². The predicted molar refractivity (Wildman–Crippen MR) is 73.4 cm³/mol. The van der Waals surface area contributed by atoms with E-state index in [2.05, 4.69) is 16.4 Å². The van der Waals surface area contributed by atoms with E-state index in [1.165, 1.54) is 0 Å². The second kappa shape index (κ2) is 5.26. The zero-order valence-electron chi connectivity index (χ0n) is 9.54. The third kappa shape index (κ3) is 3.13. The Morgan fingerprint density at radius 1 is 1.11 bits per heavy atom. The highest BCUT2D eigenvalue weighted by Crippen LogP contribution is 2.25. The number of benzene rings is 1. The Bertz CT molecular complexity index is 612. The van der Waals surface area contributed by atoms with Crippen LogP contribution in [0.25, 0.3) is 0 Å². The number of aryl methyl sites for hydroxylation is 1. The van der Waals surface area contributed by atoms with Gasteiger partial charge in [-0.2, -0.15) is 5.26 Å². The van der Waals surface area contributed by atoms with Crippen LogP contribution in [-0.4, -0.2) is 4.98 Å². The molecule has 90 valence electrons. The maximum Gasteiger partial charge on any atom is 0.131 e. The standard InChI is InChI=1S/C13H9Cl2N3/c1-8-2-9(7-16)3-13(17-8)18-12-5-10(14)4-11(15)6-12/h2-6H,1H3,(H,17,18). The lowest BCUT2D eigenvalue weighted by molar-refractivity contribution is 1.19. The predicted octanol–water partition coefficient (Wildman–Crippen LogP) is 4.31. The Labute approximate surface area is 115 Å². The number of nitrogens with zero attached hydrogens (tertiary/aromatic N) is 2. The number of hydrogen-bond donors (Lipinski definition) is 1. The highest BCUT2D eigenvalue weighted by atomic mass is 35.5. The van der Waals surface area contributed by atoms with Gasteiger partial charge in [0.25, 0.3) is 0 Å². The maximum absolute atomic E-state index is 8.89. The van der Waals surface area contributed by atoms with Gasteiger partial charge in [0.1, 0.15) is 5.82 Å². The molecule has 0 aliphatic rings. The van der Waals surface area contributed by atoms with E-state index in [4.69, 9.17) is 28.5 Å². The highest BCUT2D eigenvalue weighted by molar-refractivity contribution is 6.35. The summed E-state index contributed by atoms with van der Waals surface area (Å²) in [5, 5.41) is 13.0. The van der Waals surface area contributed by atoms with E-state index in [0.717, 1.165) is 11.4 Å². The second-order valence-electron chi connectivity index (χ2n) is 3.78. The Hall–Kier alpha value is -1.76. The first-order valence-corrected chi connectivity index (χ1v) is 5.94. The first-order chi connectivity index (χ1) is 8.56. The second-order valence-corrected chi connectivity index (χ2v) is 4.65. The number of aromatic nitrogens is 1. The van der Waals surface area contributed by atoms with Gasteiger partial charge in [0.05, 0.1) is 11.6 Å². The zero-order valence-corrected chi connectivity index (χ0v) is 11.0. The van der Waals surface area contributed by atoms with Crippen molar-refractivity contribution in [3.8, 4) is 6.07 Å². The van der Waals surface area contributed by atoms with E-state index >= 15 is 0 Å². The topological polar surface area (TPSA) is 48.7 Å². The van der Waals surface area contributed by atoms with Crippen molar-refractivity contribution in [3.63, 3.8) is 0 Å². The number of anilines is 2. The molecule has 1 aromatic carbocycles. The molecule has 0 atom stereocenters. The maximum atomic E-state index is 8.89. The molecule has 1 aromatic heterocycles. The van der Waals surface area contributed by atoms with E-state index in [-0.39, 0.29) is 0 Å². The van der Waals surface area contributed by atoms with E-state index in [1.807, 2.05) is 6.92 Å². The van der Waals surface area contributed by atoms with Crippen molar-refractivity contribution in [2.75, 3.05) is 5.32 Å². The smallest absolute Gasteiger partial charge is 0.131 e. The van der Waals surface area contributed by atoms with Gasteiger partial charge in [-0.3, -0.25) is 0 Å². The summed E-state index contributed by atoms with van der Waals surface area (Å²) in [7, 11) is 0. The monoisotopic (exact) mass is 277 g/mol. The Kier molecular flexibility index (Phi) is 3.71. The summed E-state index contributed by atoms with van der Waals surface area (Å²) in [6.07, 6.45) is 0. The fourth-order valence-electron chi connectivity index (χ4n) is 1.57. The van der Waals surface area contributed by atoms with Crippen LogP contribution in [-0.2, 0) is 0 Å². The average Bonchev–Trinajstić information content (AvgIpc) is 2.26. The lowest BCUT2D eigenvalue weighted by Crippen LogP contribution is -1.96. The lowest BCUT2D eigenvalue weighted by Gasteiger charge is -2.07. The van der Waals surface area contributed by atoms with E-state index in [0.29, 0.717) is 21.4 Å². The van der Waals surface area contributed by atoms with E-state index < -0.39 is 0 Å². The fourth-order valence-corrected chi connectivity index (χ4v) is 2.10. The molecule has 1 heterocycles. The van der Waals surface area contributed by atoms with Crippen LogP contribution in [0, 0.1) is 18.3 Å².